The van der Waals surface area contributed by atoms with Gasteiger partial charge in [-0.1, -0.05) is 39.8 Å². The number of rotatable bonds is 4. The van der Waals surface area contributed by atoms with Crippen molar-refractivity contribution in [2.24, 2.45) is 11.8 Å². The molecular weight excluding hydrogens is 276 g/mol. The molecule has 0 aromatic heterocycles. The van der Waals surface area contributed by atoms with E-state index < -0.39 is 0 Å². The number of anilines is 1. The van der Waals surface area contributed by atoms with Crippen molar-refractivity contribution in [1.29, 1.82) is 0 Å². The second kappa shape index (κ2) is 6.51. The van der Waals surface area contributed by atoms with Crippen LogP contribution in [0, 0.1) is 11.8 Å². The highest BCUT2D eigenvalue weighted by molar-refractivity contribution is 5.96. The van der Waals surface area contributed by atoms with E-state index in [9.17, 15) is 9.59 Å². The molecule has 0 radical (unpaired) electrons. The number of hydrogen-bond acceptors (Lipinski definition) is 2. The van der Waals surface area contributed by atoms with E-state index in [1.165, 1.54) is 5.56 Å². The van der Waals surface area contributed by atoms with Crippen LogP contribution in [0.3, 0.4) is 0 Å². The van der Waals surface area contributed by atoms with Gasteiger partial charge in [-0.05, 0) is 30.5 Å². The van der Waals surface area contributed by atoms with Crippen molar-refractivity contribution in [3.8, 4) is 0 Å². The Labute approximate surface area is 132 Å². The van der Waals surface area contributed by atoms with Crippen molar-refractivity contribution in [3.05, 3.63) is 29.3 Å². The van der Waals surface area contributed by atoms with Gasteiger partial charge < -0.3 is 10.2 Å². The van der Waals surface area contributed by atoms with Crippen molar-refractivity contribution in [2.45, 2.75) is 47.1 Å². The van der Waals surface area contributed by atoms with Crippen LogP contribution in [-0.4, -0.2) is 18.4 Å². The average Bonchev–Trinajstić information content (AvgIpc) is 2.88. The fraction of sp³-hybridized carbons (Fsp3) is 0.556. The van der Waals surface area contributed by atoms with E-state index in [4.69, 9.17) is 0 Å². The fourth-order valence-electron chi connectivity index (χ4n) is 2.70. The number of benzene rings is 1. The second-order valence-corrected chi connectivity index (χ2v) is 6.67. The number of nitrogens with one attached hydrogen (secondary N) is 1. The Morgan fingerprint density at radius 2 is 1.77 bits per heavy atom. The molecule has 4 nitrogen and oxygen atoms in total. The zero-order valence-electron chi connectivity index (χ0n) is 14.1. The smallest absolute Gasteiger partial charge is 0.229 e. The normalized spacial score (nSPS) is 15.1. The molecule has 1 N–H and O–H groups in total. The summed E-state index contributed by atoms with van der Waals surface area (Å²) in [4.78, 5) is 25.9. The first-order valence-corrected chi connectivity index (χ1v) is 8.05. The third kappa shape index (κ3) is 3.32. The second-order valence-electron chi connectivity index (χ2n) is 6.67. The Morgan fingerprint density at radius 1 is 1.09 bits per heavy atom. The molecule has 1 heterocycles. The number of hydrogen-bond donors (Lipinski definition) is 1. The van der Waals surface area contributed by atoms with Crippen LogP contribution < -0.4 is 10.2 Å². The highest BCUT2D eigenvalue weighted by Gasteiger charge is 2.26. The van der Waals surface area contributed by atoms with Gasteiger partial charge in [0.2, 0.25) is 11.8 Å². The number of nitrogens with zero attached hydrogens (tertiary/aromatic N) is 1. The topological polar surface area (TPSA) is 49.4 Å². The summed E-state index contributed by atoms with van der Waals surface area (Å²) in [5.41, 5.74) is 3.30. The summed E-state index contributed by atoms with van der Waals surface area (Å²) in [6.45, 7) is 10.4. The predicted octanol–water partition coefficient (Wildman–Crippen LogP) is 3.06. The van der Waals surface area contributed by atoms with Gasteiger partial charge >= 0.3 is 0 Å². The number of carbonyl (C=O) groups excluding carboxylic acids is 2. The third-order valence-corrected chi connectivity index (χ3v) is 4.14. The molecule has 22 heavy (non-hydrogen) atoms. The van der Waals surface area contributed by atoms with Crippen LogP contribution in [-0.2, 0) is 16.0 Å². The molecule has 1 aromatic rings. The zero-order chi connectivity index (χ0) is 16.4. The molecule has 2 amide bonds. The maximum absolute atomic E-state index is 12.2. The Kier molecular flexibility index (Phi) is 4.89. The van der Waals surface area contributed by atoms with E-state index in [2.05, 4.69) is 11.4 Å². The molecule has 1 aromatic carbocycles. The summed E-state index contributed by atoms with van der Waals surface area (Å²) in [7, 11) is 0. The van der Waals surface area contributed by atoms with Crippen molar-refractivity contribution >= 4 is 17.5 Å². The minimum absolute atomic E-state index is 0.00915. The summed E-state index contributed by atoms with van der Waals surface area (Å²) < 4.78 is 0. The summed E-state index contributed by atoms with van der Waals surface area (Å²) >= 11 is 0. The molecule has 1 atom stereocenters. The molecule has 1 aliphatic rings. The molecule has 0 fully saturated rings. The van der Waals surface area contributed by atoms with Gasteiger partial charge in [-0.15, -0.1) is 0 Å². The van der Waals surface area contributed by atoms with E-state index in [1.54, 1.807) is 0 Å². The van der Waals surface area contributed by atoms with E-state index in [-0.39, 0.29) is 29.7 Å². The third-order valence-electron chi connectivity index (χ3n) is 4.14. The van der Waals surface area contributed by atoms with Crippen LogP contribution in [0.15, 0.2) is 18.2 Å². The van der Waals surface area contributed by atoms with Gasteiger partial charge in [0.05, 0.1) is 6.04 Å². The predicted molar refractivity (Wildman–Crippen MR) is 88.7 cm³/mol. The number of amides is 2. The summed E-state index contributed by atoms with van der Waals surface area (Å²) in [6, 6.07) is 6.12. The first-order chi connectivity index (χ1) is 10.3. The Bertz CT molecular complexity index is 578. The standard InChI is InChI=1S/C18H26N2O2/c1-11(2)17(21)19-13(5)14-6-7-16-15(10-14)8-9-20(16)18(22)12(3)4/h6-7,10-13H,8-9H2,1-5H3,(H,19,21). The molecule has 1 aliphatic heterocycles. The highest BCUT2D eigenvalue weighted by atomic mass is 16.2. The molecule has 0 saturated heterocycles. The molecule has 0 aliphatic carbocycles. The number of carbonyl (C=O) groups is 2. The molecule has 2 rings (SSSR count). The van der Waals surface area contributed by atoms with Gasteiger partial charge in [-0.2, -0.15) is 0 Å². The first-order valence-electron chi connectivity index (χ1n) is 8.05. The molecule has 120 valence electrons. The van der Waals surface area contributed by atoms with E-state index in [0.717, 1.165) is 24.2 Å². The van der Waals surface area contributed by atoms with Gasteiger partial charge in [-0.25, -0.2) is 0 Å². The lowest BCUT2D eigenvalue weighted by Crippen LogP contribution is -2.32. The van der Waals surface area contributed by atoms with Gasteiger partial charge in [0.1, 0.15) is 0 Å². The van der Waals surface area contributed by atoms with Crippen LogP contribution >= 0.6 is 0 Å². The molecule has 4 heteroatoms. The Balaban J connectivity index is 2.16. The van der Waals surface area contributed by atoms with Crippen LogP contribution in [0.25, 0.3) is 0 Å². The SMILES string of the molecule is CC(C)C(=O)NC(C)c1ccc2c(c1)CCN2C(=O)C(C)C. The molecule has 1 unspecified atom stereocenters. The minimum atomic E-state index is -0.0185. The minimum Gasteiger partial charge on any atom is -0.349 e. The van der Waals surface area contributed by atoms with Crippen molar-refractivity contribution in [3.63, 3.8) is 0 Å². The maximum atomic E-state index is 12.2. The molecule has 0 spiro atoms. The van der Waals surface area contributed by atoms with Gasteiger partial charge in [-0.3, -0.25) is 9.59 Å². The first kappa shape index (κ1) is 16.5. The molecule has 0 bridgehead atoms. The Hall–Kier alpha value is -1.84. The van der Waals surface area contributed by atoms with Gasteiger partial charge in [0.25, 0.3) is 0 Å². The Morgan fingerprint density at radius 3 is 2.36 bits per heavy atom. The van der Waals surface area contributed by atoms with Crippen LogP contribution in [0.5, 0.6) is 0 Å². The lowest BCUT2D eigenvalue weighted by Gasteiger charge is -2.21. The van der Waals surface area contributed by atoms with Crippen molar-refractivity contribution < 1.29 is 9.59 Å². The fourth-order valence-corrected chi connectivity index (χ4v) is 2.70. The van der Waals surface area contributed by atoms with Crippen LogP contribution in [0.2, 0.25) is 0 Å². The van der Waals surface area contributed by atoms with Crippen LogP contribution in [0.4, 0.5) is 5.69 Å². The zero-order valence-corrected chi connectivity index (χ0v) is 14.1. The summed E-state index contributed by atoms with van der Waals surface area (Å²) in [6.07, 6.45) is 0.881. The average molecular weight is 302 g/mol. The highest BCUT2D eigenvalue weighted by Crippen LogP contribution is 2.31. The molecule has 0 saturated carbocycles. The number of fused-ring (bicyclic) bond motifs is 1. The maximum Gasteiger partial charge on any atom is 0.229 e. The monoisotopic (exact) mass is 302 g/mol. The van der Waals surface area contributed by atoms with Gasteiger partial charge in [0, 0.05) is 24.1 Å². The summed E-state index contributed by atoms with van der Waals surface area (Å²) in [5.74, 6) is 0.225. The largest absolute Gasteiger partial charge is 0.349 e. The van der Waals surface area contributed by atoms with E-state index in [0.29, 0.717) is 0 Å². The lowest BCUT2D eigenvalue weighted by atomic mass is 10.0. The molecular formula is C18H26N2O2. The van der Waals surface area contributed by atoms with Crippen molar-refractivity contribution in [2.75, 3.05) is 11.4 Å². The van der Waals surface area contributed by atoms with E-state index in [1.807, 2.05) is 51.7 Å². The van der Waals surface area contributed by atoms with Gasteiger partial charge in [0.15, 0.2) is 0 Å². The summed E-state index contributed by atoms with van der Waals surface area (Å²) in [5, 5.41) is 3.02. The van der Waals surface area contributed by atoms with E-state index >= 15 is 0 Å². The quantitative estimate of drug-likeness (QED) is 0.929. The van der Waals surface area contributed by atoms with Crippen LogP contribution in [0.1, 0.15) is 51.8 Å². The van der Waals surface area contributed by atoms with Crippen molar-refractivity contribution in [1.82, 2.24) is 5.32 Å². The lowest BCUT2D eigenvalue weighted by molar-refractivity contribution is -0.124.